The van der Waals surface area contributed by atoms with Crippen LogP contribution in [0.1, 0.15) is 26.7 Å². The van der Waals surface area contributed by atoms with E-state index in [0.717, 1.165) is 19.4 Å². The largest absolute Gasteiger partial charge is 0.364 e. The molecule has 3 nitrogen and oxygen atoms in total. The fourth-order valence-corrected chi connectivity index (χ4v) is 1.88. The predicted molar refractivity (Wildman–Crippen MR) is 51.2 cm³/mol. The molecule has 0 aromatic heterocycles. The van der Waals surface area contributed by atoms with Gasteiger partial charge in [-0.15, -0.1) is 0 Å². The van der Waals surface area contributed by atoms with Crippen molar-refractivity contribution in [3.63, 3.8) is 0 Å². The average Bonchev–Trinajstić information content (AvgIpc) is 2.36. The second-order valence-electron chi connectivity index (χ2n) is 4.13. The van der Waals surface area contributed by atoms with Crippen molar-refractivity contribution in [3.8, 4) is 0 Å². The van der Waals surface area contributed by atoms with Gasteiger partial charge in [0.25, 0.3) is 0 Å². The molecule has 1 amide bonds. The van der Waals surface area contributed by atoms with Crippen LogP contribution in [0, 0.1) is 11.8 Å². The Kier molecular flexibility index (Phi) is 3.72. The number of ether oxygens (including phenoxy) is 1. The average molecular weight is 185 g/mol. The highest BCUT2D eigenvalue weighted by molar-refractivity contribution is 5.80. The second-order valence-corrected chi connectivity index (χ2v) is 4.13. The van der Waals surface area contributed by atoms with Gasteiger partial charge in [0.2, 0.25) is 5.91 Å². The normalized spacial score (nSPS) is 23.2. The van der Waals surface area contributed by atoms with E-state index >= 15 is 0 Å². The summed E-state index contributed by atoms with van der Waals surface area (Å²) in [5.74, 6) is 1.13. The summed E-state index contributed by atoms with van der Waals surface area (Å²) in [6.45, 7) is 5.63. The molecule has 1 saturated heterocycles. The van der Waals surface area contributed by atoms with Crippen molar-refractivity contribution >= 4 is 5.91 Å². The molecule has 13 heavy (non-hydrogen) atoms. The maximum absolute atomic E-state index is 11.7. The van der Waals surface area contributed by atoms with Gasteiger partial charge in [-0.05, 0) is 18.8 Å². The molecule has 76 valence electrons. The lowest BCUT2D eigenvalue weighted by Crippen LogP contribution is -2.29. The zero-order chi connectivity index (χ0) is 9.84. The molecule has 1 aliphatic heterocycles. The lowest BCUT2D eigenvalue weighted by Gasteiger charge is -2.15. The van der Waals surface area contributed by atoms with Gasteiger partial charge in [-0.1, -0.05) is 13.8 Å². The first-order valence-electron chi connectivity index (χ1n) is 4.93. The highest BCUT2D eigenvalue weighted by Gasteiger charge is 2.31. The molecule has 0 N–H and O–H groups in total. The minimum Gasteiger partial charge on any atom is -0.364 e. The fraction of sp³-hybridized carbons (Fsp3) is 0.900. The molecule has 1 aliphatic rings. The second kappa shape index (κ2) is 4.61. The first kappa shape index (κ1) is 10.5. The van der Waals surface area contributed by atoms with Crippen LogP contribution in [0.5, 0.6) is 0 Å². The molecule has 1 unspecified atom stereocenters. The van der Waals surface area contributed by atoms with Gasteiger partial charge in [0.05, 0.1) is 0 Å². The number of nitrogens with zero attached hydrogens (tertiary/aromatic N) is 1. The van der Waals surface area contributed by atoms with Crippen molar-refractivity contribution in [2.45, 2.75) is 26.7 Å². The van der Waals surface area contributed by atoms with Crippen LogP contribution in [0.4, 0.5) is 0 Å². The molecule has 0 saturated carbocycles. The summed E-state index contributed by atoms with van der Waals surface area (Å²) >= 11 is 0. The SMILES string of the molecule is COCN1CCC(CC(C)C)C1=O. The molecule has 1 heterocycles. The zero-order valence-corrected chi connectivity index (χ0v) is 8.75. The van der Waals surface area contributed by atoms with Gasteiger partial charge in [0, 0.05) is 19.6 Å². The summed E-state index contributed by atoms with van der Waals surface area (Å²) in [7, 11) is 1.63. The van der Waals surface area contributed by atoms with E-state index in [2.05, 4.69) is 13.8 Å². The van der Waals surface area contributed by atoms with Gasteiger partial charge < -0.3 is 9.64 Å². The number of carbonyl (C=O) groups is 1. The highest BCUT2D eigenvalue weighted by atomic mass is 16.5. The summed E-state index contributed by atoms with van der Waals surface area (Å²) in [6.07, 6.45) is 2.01. The Hall–Kier alpha value is -0.570. The quantitative estimate of drug-likeness (QED) is 0.664. The third-order valence-electron chi connectivity index (χ3n) is 2.45. The third kappa shape index (κ3) is 2.69. The Labute approximate surface area is 80.1 Å². The number of carbonyl (C=O) groups excluding carboxylic acids is 1. The van der Waals surface area contributed by atoms with E-state index in [1.54, 1.807) is 12.0 Å². The van der Waals surface area contributed by atoms with Gasteiger partial charge in [-0.3, -0.25) is 4.79 Å². The smallest absolute Gasteiger partial charge is 0.227 e. The molecule has 3 heteroatoms. The van der Waals surface area contributed by atoms with E-state index < -0.39 is 0 Å². The van der Waals surface area contributed by atoms with Crippen LogP contribution in [0.2, 0.25) is 0 Å². The van der Waals surface area contributed by atoms with Gasteiger partial charge in [-0.25, -0.2) is 0 Å². The van der Waals surface area contributed by atoms with E-state index in [4.69, 9.17) is 4.74 Å². The van der Waals surface area contributed by atoms with Gasteiger partial charge in [0.15, 0.2) is 0 Å². The van der Waals surface area contributed by atoms with Gasteiger partial charge in [0.1, 0.15) is 6.73 Å². The molecular weight excluding hydrogens is 166 g/mol. The molecule has 1 rings (SSSR count). The summed E-state index contributed by atoms with van der Waals surface area (Å²) in [4.78, 5) is 13.5. The molecular formula is C10H19NO2. The molecule has 1 atom stereocenters. The topological polar surface area (TPSA) is 29.5 Å². The van der Waals surface area contributed by atoms with Crippen molar-refractivity contribution < 1.29 is 9.53 Å². The molecule has 0 spiro atoms. The number of rotatable bonds is 4. The summed E-state index contributed by atoms with van der Waals surface area (Å²) in [5, 5.41) is 0. The molecule has 0 aromatic carbocycles. The van der Waals surface area contributed by atoms with E-state index in [1.807, 2.05) is 0 Å². The Bertz CT molecular complexity index is 180. The Morgan fingerprint density at radius 1 is 1.62 bits per heavy atom. The lowest BCUT2D eigenvalue weighted by molar-refractivity contribution is -0.135. The number of amides is 1. The highest BCUT2D eigenvalue weighted by Crippen LogP contribution is 2.24. The van der Waals surface area contributed by atoms with E-state index in [1.165, 1.54) is 0 Å². The summed E-state index contributed by atoms with van der Waals surface area (Å²) < 4.78 is 4.95. The van der Waals surface area contributed by atoms with Crippen molar-refractivity contribution in [1.82, 2.24) is 4.90 Å². The van der Waals surface area contributed by atoms with E-state index in [9.17, 15) is 4.79 Å². The molecule has 0 aliphatic carbocycles. The fourth-order valence-electron chi connectivity index (χ4n) is 1.88. The van der Waals surface area contributed by atoms with Gasteiger partial charge >= 0.3 is 0 Å². The van der Waals surface area contributed by atoms with Crippen LogP contribution in [0.15, 0.2) is 0 Å². The molecule has 0 aromatic rings. The maximum atomic E-state index is 11.7. The van der Waals surface area contributed by atoms with Gasteiger partial charge in [-0.2, -0.15) is 0 Å². The Morgan fingerprint density at radius 2 is 2.31 bits per heavy atom. The van der Waals surface area contributed by atoms with E-state index in [-0.39, 0.29) is 11.8 Å². The van der Waals surface area contributed by atoms with Crippen molar-refractivity contribution in [1.29, 1.82) is 0 Å². The third-order valence-corrected chi connectivity index (χ3v) is 2.45. The standard InChI is InChI=1S/C10H19NO2/c1-8(2)6-9-4-5-11(7-13-3)10(9)12/h8-9H,4-7H2,1-3H3. The first-order chi connectivity index (χ1) is 6.15. The summed E-state index contributed by atoms with van der Waals surface area (Å²) in [6, 6.07) is 0. The van der Waals surface area contributed by atoms with E-state index in [0.29, 0.717) is 12.6 Å². The van der Waals surface area contributed by atoms with Crippen LogP contribution in [0.3, 0.4) is 0 Å². The van der Waals surface area contributed by atoms with Crippen LogP contribution >= 0.6 is 0 Å². The predicted octanol–water partition coefficient (Wildman–Crippen LogP) is 1.48. The molecule has 0 radical (unpaired) electrons. The van der Waals surface area contributed by atoms with Crippen LogP contribution in [0.25, 0.3) is 0 Å². The molecule has 0 bridgehead atoms. The molecule has 1 fully saturated rings. The number of hydrogen-bond donors (Lipinski definition) is 0. The van der Waals surface area contributed by atoms with Crippen LogP contribution < -0.4 is 0 Å². The zero-order valence-electron chi connectivity index (χ0n) is 8.75. The summed E-state index contributed by atoms with van der Waals surface area (Å²) in [5.41, 5.74) is 0. The lowest BCUT2D eigenvalue weighted by atomic mass is 9.96. The minimum absolute atomic E-state index is 0.246. The number of hydrogen-bond acceptors (Lipinski definition) is 2. The minimum atomic E-state index is 0.246. The van der Waals surface area contributed by atoms with Crippen LogP contribution in [-0.2, 0) is 9.53 Å². The Morgan fingerprint density at radius 3 is 2.85 bits per heavy atom. The van der Waals surface area contributed by atoms with Crippen molar-refractivity contribution in [3.05, 3.63) is 0 Å². The maximum Gasteiger partial charge on any atom is 0.227 e. The monoisotopic (exact) mass is 185 g/mol. The van der Waals surface area contributed by atoms with Crippen LogP contribution in [-0.4, -0.2) is 31.2 Å². The number of likely N-dealkylation sites (tertiary alicyclic amines) is 1. The van der Waals surface area contributed by atoms with Crippen molar-refractivity contribution in [2.75, 3.05) is 20.4 Å². The first-order valence-corrected chi connectivity index (χ1v) is 4.93. The number of methoxy groups -OCH3 is 1. The van der Waals surface area contributed by atoms with Crippen molar-refractivity contribution in [2.24, 2.45) is 11.8 Å². The Balaban J connectivity index is 2.40.